The van der Waals surface area contributed by atoms with E-state index in [1.54, 1.807) is 6.33 Å². The van der Waals surface area contributed by atoms with Gasteiger partial charge in [-0.1, -0.05) is 0 Å². The fourth-order valence-corrected chi connectivity index (χ4v) is 2.95. The van der Waals surface area contributed by atoms with Crippen molar-refractivity contribution in [3.8, 4) is 0 Å². The summed E-state index contributed by atoms with van der Waals surface area (Å²) >= 11 is 0. The van der Waals surface area contributed by atoms with Crippen LogP contribution in [0.3, 0.4) is 0 Å². The molecule has 0 saturated carbocycles. The van der Waals surface area contributed by atoms with Gasteiger partial charge in [0.05, 0.1) is 0 Å². The number of nitrogens with zero attached hydrogens (tertiary/aromatic N) is 4. The molecular weight excluding hydrogens is 242 g/mol. The van der Waals surface area contributed by atoms with Crippen LogP contribution in [0.25, 0.3) is 0 Å². The number of likely N-dealkylation sites (tertiary alicyclic amines) is 1. The second-order valence-electron chi connectivity index (χ2n) is 5.71. The molecule has 3 rings (SSSR count). The maximum absolute atomic E-state index is 12.3. The van der Waals surface area contributed by atoms with Gasteiger partial charge in [0.15, 0.2) is 0 Å². The Morgan fingerprint density at radius 1 is 1.53 bits per heavy atom. The van der Waals surface area contributed by atoms with E-state index in [0.717, 1.165) is 44.8 Å². The Hall–Kier alpha value is -1.43. The summed E-state index contributed by atoms with van der Waals surface area (Å²) in [5, 5.41) is 11.3. The van der Waals surface area contributed by atoms with E-state index in [2.05, 4.69) is 15.5 Å². The molecule has 0 spiro atoms. The van der Waals surface area contributed by atoms with E-state index in [1.165, 1.54) is 0 Å². The van der Waals surface area contributed by atoms with E-state index in [0.29, 0.717) is 24.2 Å². The third-order valence-electron chi connectivity index (χ3n) is 4.21. The number of carbonyl (C=O) groups is 1. The molecule has 2 aliphatic rings. The van der Waals surface area contributed by atoms with Gasteiger partial charge >= 0.3 is 0 Å². The largest absolute Gasteiger partial charge is 0.342 e. The van der Waals surface area contributed by atoms with Gasteiger partial charge in [0, 0.05) is 32.5 Å². The SMILES string of the molecule is Cn1cnnc1C1CCCN(C(=O)CC2CNC2)C1. The maximum Gasteiger partial charge on any atom is 0.222 e. The van der Waals surface area contributed by atoms with Gasteiger partial charge in [-0.2, -0.15) is 0 Å². The highest BCUT2D eigenvalue weighted by atomic mass is 16.2. The lowest BCUT2D eigenvalue weighted by atomic mass is 9.94. The van der Waals surface area contributed by atoms with E-state index < -0.39 is 0 Å². The van der Waals surface area contributed by atoms with Crippen molar-refractivity contribution < 1.29 is 4.79 Å². The number of aromatic nitrogens is 3. The zero-order chi connectivity index (χ0) is 13.2. The predicted octanol–water partition coefficient (Wildman–Crippen LogP) is 0.131. The average Bonchev–Trinajstić information content (AvgIpc) is 2.80. The first-order valence-electron chi connectivity index (χ1n) is 7.06. The van der Waals surface area contributed by atoms with Gasteiger partial charge in [0.25, 0.3) is 0 Å². The standard InChI is InChI=1S/C13H21N5O/c1-17-9-15-16-13(17)11-3-2-4-18(8-11)12(19)5-10-6-14-7-10/h9-11,14H,2-8H2,1H3. The second kappa shape index (κ2) is 5.28. The van der Waals surface area contributed by atoms with Crippen LogP contribution in [0.4, 0.5) is 0 Å². The summed E-state index contributed by atoms with van der Waals surface area (Å²) in [6, 6.07) is 0. The van der Waals surface area contributed by atoms with Crippen molar-refractivity contribution in [3.05, 3.63) is 12.2 Å². The van der Waals surface area contributed by atoms with Crippen LogP contribution in [0.15, 0.2) is 6.33 Å². The maximum atomic E-state index is 12.3. The molecule has 6 nitrogen and oxygen atoms in total. The molecule has 1 unspecified atom stereocenters. The van der Waals surface area contributed by atoms with Crippen LogP contribution in [0.5, 0.6) is 0 Å². The first-order chi connectivity index (χ1) is 9.24. The van der Waals surface area contributed by atoms with Crippen molar-refractivity contribution in [2.75, 3.05) is 26.2 Å². The van der Waals surface area contributed by atoms with Crippen molar-refractivity contribution in [1.29, 1.82) is 0 Å². The van der Waals surface area contributed by atoms with Crippen molar-refractivity contribution >= 4 is 5.91 Å². The zero-order valence-electron chi connectivity index (χ0n) is 11.4. The molecule has 0 radical (unpaired) electrons. The van der Waals surface area contributed by atoms with E-state index in [-0.39, 0.29) is 0 Å². The normalized spacial score (nSPS) is 24.3. The number of aryl methyl sites for hydroxylation is 1. The highest BCUT2D eigenvalue weighted by molar-refractivity contribution is 5.76. The smallest absolute Gasteiger partial charge is 0.222 e. The van der Waals surface area contributed by atoms with Crippen LogP contribution >= 0.6 is 0 Å². The number of nitrogens with one attached hydrogen (secondary N) is 1. The lowest BCUT2D eigenvalue weighted by molar-refractivity contribution is -0.133. The number of rotatable bonds is 3. The first-order valence-corrected chi connectivity index (χ1v) is 7.06. The molecule has 1 N–H and O–H groups in total. The fraction of sp³-hybridized carbons (Fsp3) is 0.769. The van der Waals surface area contributed by atoms with Crippen molar-refractivity contribution in [2.45, 2.75) is 25.2 Å². The third kappa shape index (κ3) is 2.63. The minimum absolute atomic E-state index is 0.304. The summed E-state index contributed by atoms with van der Waals surface area (Å²) in [6.45, 7) is 3.68. The van der Waals surface area contributed by atoms with Gasteiger partial charge in [0.1, 0.15) is 12.2 Å². The Morgan fingerprint density at radius 2 is 2.37 bits per heavy atom. The molecular formula is C13H21N5O. The Labute approximate surface area is 113 Å². The fourth-order valence-electron chi connectivity index (χ4n) is 2.95. The highest BCUT2D eigenvalue weighted by Crippen LogP contribution is 2.26. The molecule has 2 saturated heterocycles. The van der Waals surface area contributed by atoms with E-state index >= 15 is 0 Å². The van der Waals surface area contributed by atoms with Crippen LogP contribution in [0, 0.1) is 5.92 Å². The molecule has 2 aliphatic heterocycles. The van der Waals surface area contributed by atoms with Crippen molar-refractivity contribution in [2.24, 2.45) is 13.0 Å². The number of hydrogen-bond donors (Lipinski definition) is 1. The summed E-state index contributed by atoms with van der Waals surface area (Å²) in [5.74, 6) is 2.19. The molecule has 0 bridgehead atoms. The molecule has 1 aromatic rings. The van der Waals surface area contributed by atoms with E-state index in [9.17, 15) is 4.79 Å². The highest BCUT2D eigenvalue weighted by Gasteiger charge is 2.29. The van der Waals surface area contributed by atoms with Crippen LogP contribution in [-0.4, -0.2) is 51.8 Å². The van der Waals surface area contributed by atoms with Crippen molar-refractivity contribution in [3.63, 3.8) is 0 Å². The van der Waals surface area contributed by atoms with E-state index in [1.807, 2.05) is 16.5 Å². The van der Waals surface area contributed by atoms with Crippen LogP contribution < -0.4 is 5.32 Å². The topological polar surface area (TPSA) is 63.1 Å². The van der Waals surface area contributed by atoms with Gasteiger partial charge in [-0.15, -0.1) is 10.2 Å². The van der Waals surface area contributed by atoms with Gasteiger partial charge in [0.2, 0.25) is 5.91 Å². The molecule has 104 valence electrons. The predicted molar refractivity (Wildman–Crippen MR) is 70.5 cm³/mol. The Bertz CT molecular complexity index is 454. The molecule has 19 heavy (non-hydrogen) atoms. The average molecular weight is 263 g/mol. The molecule has 3 heterocycles. The first kappa shape index (κ1) is 12.6. The summed E-state index contributed by atoms with van der Waals surface area (Å²) in [7, 11) is 1.97. The summed E-state index contributed by atoms with van der Waals surface area (Å²) in [6.07, 6.45) is 4.59. The summed E-state index contributed by atoms with van der Waals surface area (Å²) in [5.41, 5.74) is 0. The Balaban J connectivity index is 1.61. The zero-order valence-corrected chi connectivity index (χ0v) is 11.4. The van der Waals surface area contributed by atoms with Crippen LogP contribution in [0.2, 0.25) is 0 Å². The number of piperidine rings is 1. The third-order valence-corrected chi connectivity index (χ3v) is 4.21. The molecule has 0 aromatic carbocycles. The molecule has 1 amide bonds. The minimum Gasteiger partial charge on any atom is -0.342 e. The lowest BCUT2D eigenvalue weighted by Crippen LogP contribution is -2.47. The Morgan fingerprint density at radius 3 is 3.00 bits per heavy atom. The van der Waals surface area contributed by atoms with Gasteiger partial charge in [-0.25, -0.2) is 0 Å². The monoisotopic (exact) mass is 263 g/mol. The molecule has 0 aliphatic carbocycles. The van der Waals surface area contributed by atoms with Gasteiger partial charge in [-0.05, 0) is 31.8 Å². The van der Waals surface area contributed by atoms with Crippen LogP contribution in [0.1, 0.15) is 31.0 Å². The van der Waals surface area contributed by atoms with Gasteiger partial charge < -0.3 is 14.8 Å². The lowest BCUT2D eigenvalue weighted by Gasteiger charge is -2.34. The second-order valence-corrected chi connectivity index (χ2v) is 5.71. The van der Waals surface area contributed by atoms with Gasteiger partial charge in [-0.3, -0.25) is 4.79 Å². The molecule has 2 fully saturated rings. The van der Waals surface area contributed by atoms with E-state index in [4.69, 9.17) is 0 Å². The number of amides is 1. The van der Waals surface area contributed by atoms with Crippen LogP contribution in [-0.2, 0) is 11.8 Å². The van der Waals surface area contributed by atoms with Crippen molar-refractivity contribution in [1.82, 2.24) is 25.0 Å². The number of hydrogen-bond acceptors (Lipinski definition) is 4. The Kier molecular flexibility index (Phi) is 3.50. The molecule has 1 atom stereocenters. The number of carbonyl (C=O) groups excluding carboxylic acids is 1. The summed E-state index contributed by atoms with van der Waals surface area (Å²) in [4.78, 5) is 14.3. The quantitative estimate of drug-likeness (QED) is 0.842. The molecule has 1 aromatic heterocycles. The molecule has 6 heteroatoms. The summed E-state index contributed by atoms with van der Waals surface area (Å²) < 4.78 is 1.97. The minimum atomic E-state index is 0.304.